The van der Waals surface area contributed by atoms with Gasteiger partial charge in [0.2, 0.25) is 10.0 Å². The van der Waals surface area contributed by atoms with Gasteiger partial charge in [-0.3, -0.25) is 4.79 Å². The molecule has 1 N–H and O–H groups in total. The third-order valence-corrected chi connectivity index (χ3v) is 5.25. The summed E-state index contributed by atoms with van der Waals surface area (Å²) in [5.74, 6) is -1.22. The predicted octanol–water partition coefficient (Wildman–Crippen LogP) is 2.44. The van der Waals surface area contributed by atoms with Gasteiger partial charge in [-0.25, -0.2) is 8.42 Å². The molecule has 0 saturated heterocycles. The van der Waals surface area contributed by atoms with E-state index in [2.05, 4.69) is 0 Å². The number of carboxylic acid groups (broad SMARTS) is 1. The van der Waals surface area contributed by atoms with Crippen molar-refractivity contribution in [1.29, 1.82) is 0 Å². The molecule has 0 saturated carbocycles. The van der Waals surface area contributed by atoms with Crippen molar-refractivity contribution in [2.45, 2.75) is 17.9 Å². The Hall–Kier alpha value is -2.18. The summed E-state index contributed by atoms with van der Waals surface area (Å²) in [7, 11) is -2.62. The first-order chi connectivity index (χ1) is 10.3. The Labute approximate surface area is 129 Å². The fourth-order valence-corrected chi connectivity index (χ4v) is 3.46. The van der Waals surface area contributed by atoms with E-state index in [1.54, 1.807) is 42.5 Å². The average Bonchev–Trinajstić information content (AvgIpc) is 2.48. The van der Waals surface area contributed by atoms with Gasteiger partial charge in [0.25, 0.3) is 0 Å². The molecule has 0 aliphatic heterocycles. The number of hydrogen-bond acceptors (Lipinski definition) is 3. The van der Waals surface area contributed by atoms with Crippen molar-refractivity contribution in [3.05, 3.63) is 65.7 Å². The van der Waals surface area contributed by atoms with Gasteiger partial charge < -0.3 is 5.11 Å². The lowest BCUT2D eigenvalue weighted by atomic mass is 10.1. The van der Waals surface area contributed by atoms with Crippen LogP contribution in [0.2, 0.25) is 0 Å². The Morgan fingerprint density at radius 1 is 1.05 bits per heavy atom. The van der Waals surface area contributed by atoms with Crippen LogP contribution in [-0.2, 0) is 14.8 Å². The molecule has 0 amide bonds. The second-order valence-corrected chi connectivity index (χ2v) is 6.98. The van der Waals surface area contributed by atoms with E-state index in [0.717, 1.165) is 9.87 Å². The number of rotatable bonds is 5. The lowest BCUT2D eigenvalue weighted by molar-refractivity contribution is -0.141. The smallest absolute Gasteiger partial charge is 0.326 e. The van der Waals surface area contributed by atoms with Crippen molar-refractivity contribution >= 4 is 16.0 Å². The quantitative estimate of drug-likeness (QED) is 0.918. The van der Waals surface area contributed by atoms with E-state index in [-0.39, 0.29) is 4.90 Å². The van der Waals surface area contributed by atoms with Gasteiger partial charge in [0, 0.05) is 7.05 Å². The number of likely N-dealkylation sites (N-methyl/N-ethyl adjacent to an activating group) is 1. The Kier molecular flexibility index (Phi) is 4.63. The Bertz CT molecular complexity index is 754. The maximum Gasteiger partial charge on any atom is 0.326 e. The van der Waals surface area contributed by atoms with Crippen LogP contribution in [0.3, 0.4) is 0 Å². The molecule has 22 heavy (non-hydrogen) atoms. The zero-order valence-corrected chi connectivity index (χ0v) is 13.1. The fraction of sp³-hybridized carbons (Fsp3) is 0.188. The topological polar surface area (TPSA) is 74.7 Å². The average molecular weight is 319 g/mol. The van der Waals surface area contributed by atoms with E-state index in [0.29, 0.717) is 5.56 Å². The van der Waals surface area contributed by atoms with E-state index < -0.39 is 22.0 Å². The lowest BCUT2D eigenvalue weighted by Crippen LogP contribution is -2.35. The van der Waals surface area contributed by atoms with Crippen LogP contribution < -0.4 is 0 Å². The number of carbonyl (C=O) groups is 1. The highest BCUT2D eigenvalue weighted by Gasteiger charge is 2.33. The van der Waals surface area contributed by atoms with Crippen LogP contribution in [0.1, 0.15) is 17.2 Å². The minimum atomic E-state index is -3.90. The summed E-state index contributed by atoms with van der Waals surface area (Å²) in [5, 5.41) is 9.45. The van der Waals surface area contributed by atoms with Gasteiger partial charge in [0.1, 0.15) is 6.04 Å². The summed E-state index contributed by atoms with van der Waals surface area (Å²) in [6.07, 6.45) is 0. The number of benzene rings is 2. The molecule has 2 aromatic rings. The van der Waals surface area contributed by atoms with Crippen molar-refractivity contribution in [3.63, 3.8) is 0 Å². The highest BCUT2D eigenvalue weighted by atomic mass is 32.2. The highest BCUT2D eigenvalue weighted by molar-refractivity contribution is 7.89. The standard InChI is InChI=1S/C16H17NO4S/c1-12-8-10-14(11-9-12)22(20,21)17(2)15(16(18)19)13-6-4-3-5-7-13/h3-11,15H,1-2H3,(H,18,19)/t15-/m0/s1. The second-order valence-electron chi connectivity index (χ2n) is 4.99. The lowest BCUT2D eigenvalue weighted by Gasteiger charge is -2.24. The molecule has 0 heterocycles. The first-order valence-electron chi connectivity index (χ1n) is 6.66. The SMILES string of the molecule is Cc1ccc(S(=O)(=O)N(C)[C@H](C(=O)O)c2ccccc2)cc1. The predicted molar refractivity (Wildman–Crippen MR) is 82.9 cm³/mol. The van der Waals surface area contributed by atoms with Gasteiger partial charge in [-0.2, -0.15) is 4.31 Å². The molecule has 0 unspecified atom stereocenters. The van der Waals surface area contributed by atoms with Crippen LogP contribution >= 0.6 is 0 Å². The van der Waals surface area contributed by atoms with E-state index in [4.69, 9.17) is 0 Å². The van der Waals surface area contributed by atoms with Gasteiger partial charge in [0.15, 0.2) is 0 Å². The summed E-state index contributed by atoms with van der Waals surface area (Å²) in [6, 6.07) is 13.3. The van der Waals surface area contributed by atoms with E-state index >= 15 is 0 Å². The van der Waals surface area contributed by atoms with Crippen LogP contribution in [0.15, 0.2) is 59.5 Å². The Morgan fingerprint density at radius 2 is 1.59 bits per heavy atom. The molecule has 0 aliphatic carbocycles. The van der Waals surface area contributed by atoms with Crippen LogP contribution in [0.4, 0.5) is 0 Å². The minimum absolute atomic E-state index is 0.0720. The van der Waals surface area contributed by atoms with Gasteiger partial charge >= 0.3 is 5.97 Å². The second kappa shape index (κ2) is 6.29. The molecule has 0 aromatic heterocycles. The molecule has 116 valence electrons. The number of aryl methyl sites for hydroxylation is 1. The summed E-state index contributed by atoms with van der Waals surface area (Å²) < 4.78 is 26.1. The molecular weight excluding hydrogens is 302 g/mol. The zero-order chi connectivity index (χ0) is 16.3. The largest absolute Gasteiger partial charge is 0.480 e. The first kappa shape index (κ1) is 16.2. The molecule has 2 rings (SSSR count). The monoisotopic (exact) mass is 319 g/mol. The van der Waals surface area contributed by atoms with Gasteiger partial charge in [-0.1, -0.05) is 48.0 Å². The molecule has 0 fully saturated rings. The summed E-state index contributed by atoms with van der Waals surface area (Å²) in [6.45, 7) is 1.85. The first-order valence-corrected chi connectivity index (χ1v) is 8.10. The van der Waals surface area contributed by atoms with Crippen LogP contribution in [0.25, 0.3) is 0 Å². The molecule has 5 nitrogen and oxygen atoms in total. The van der Waals surface area contributed by atoms with Gasteiger partial charge in [0.05, 0.1) is 4.90 Å². The molecule has 2 aromatic carbocycles. The molecule has 6 heteroatoms. The van der Waals surface area contributed by atoms with Crippen molar-refractivity contribution < 1.29 is 18.3 Å². The highest BCUT2D eigenvalue weighted by Crippen LogP contribution is 2.26. The van der Waals surface area contributed by atoms with E-state index in [1.807, 2.05) is 6.92 Å². The fourth-order valence-electron chi connectivity index (χ4n) is 2.16. The normalized spacial score (nSPS) is 13.0. The van der Waals surface area contributed by atoms with E-state index in [1.165, 1.54) is 19.2 Å². The minimum Gasteiger partial charge on any atom is -0.480 e. The molecular formula is C16H17NO4S. The van der Waals surface area contributed by atoms with Crippen molar-refractivity contribution in [1.82, 2.24) is 4.31 Å². The van der Waals surface area contributed by atoms with Crippen LogP contribution in [0.5, 0.6) is 0 Å². The molecule has 0 aliphatic rings. The maximum absolute atomic E-state index is 12.6. The number of sulfonamides is 1. The van der Waals surface area contributed by atoms with Gasteiger partial charge in [-0.05, 0) is 24.6 Å². The van der Waals surface area contributed by atoms with Crippen molar-refractivity contribution in [2.24, 2.45) is 0 Å². The Balaban J connectivity index is 2.44. The number of nitrogens with zero attached hydrogens (tertiary/aromatic N) is 1. The number of hydrogen-bond donors (Lipinski definition) is 1. The molecule has 0 radical (unpaired) electrons. The summed E-state index contributed by atoms with van der Waals surface area (Å²) in [5.41, 5.74) is 1.34. The third-order valence-electron chi connectivity index (χ3n) is 3.41. The zero-order valence-electron chi connectivity index (χ0n) is 12.3. The molecule has 0 bridgehead atoms. The van der Waals surface area contributed by atoms with Crippen LogP contribution in [-0.4, -0.2) is 30.8 Å². The molecule has 0 spiro atoms. The van der Waals surface area contributed by atoms with Gasteiger partial charge in [-0.15, -0.1) is 0 Å². The Morgan fingerprint density at radius 3 is 2.09 bits per heavy atom. The third kappa shape index (κ3) is 3.18. The van der Waals surface area contributed by atoms with Crippen LogP contribution in [0, 0.1) is 6.92 Å². The van der Waals surface area contributed by atoms with E-state index in [9.17, 15) is 18.3 Å². The number of carboxylic acids is 1. The maximum atomic E-state index is 12.6. The number of aliphatic carboxylic acids is 1. The summed E-state index contributed by atoms with van der Waals surface area (Å²) in [4.78, 5) is 11.6. The van der Waals surface area contributed by atoms with Crippen molar-refractivity contribution in [2.75, 3.05) is 7.05 Å². The molecule has 1 atom stereocenters. The van der Waals surface area contributed by atoms with Crippen molar-refractivity contribution in [3.8, 4) is 0 Å². The summed E-state index contributed by atoms with van der Waals surface area (Å²) >= 11 is 0.